The molecule has 0 unspecified atom stereocenters. The zero-order valence-corrected chi connectivity index (χ0v) is 12.1. The number of alkyl halides is 1. The van der Waals surface area contributed by atoms with E-state index in [0.717, 1.165) is 11.2 Å². The summed E-state index contributed by atoms with van der Waals surface area (Å²) in [7, 11) is 2.28. The van der Waals surface area contributed by atoms with Gasteiger partial charge in [0.1, 0.15) is 0 Å². The second-order valence-electron chi connectivity index (χ2n) is 6.00. The van der Waals surface area contributed by atoms with Gasteiger partial charge in [0.2, 0.25) is 0 Å². The van der Waals surface area contributed by atoms with E-state index >= 15 is 0 Å². The summed E-state index contributed by atoms with van der Waals surface area (Å²) < 4.78 is 0. The largest absolute Gasteiger partial charge is 0.306 e. The fourth-order valence-corrected chi connectivity index (χ4v) is 2.83. The van der Waals surface area contributed by atoms with Crippen molar-refractivity contribution in [1.82, 2.24) is 4.90 Å². The predicted octanol–water partition coefficient (Wildman–Crippen LogP) is 3.92. The molecule has 1 rings (SSSR count). The minimum absolute atomic E-state index is 0.406. The van der Waals surface area contributed by atoms with Crippen LogP contribution in [0.2, 0.25) is 0 Å². The van der Waals surface area contributed by atoms with Crippen molar-refractivity contribution in [3.63, 3.8) is 0 Å². The molecule has 0 atom stereocenters. The van der Waals surface area contributed by atoms with E-state index in [4.69, 9.17) is 0 Å². The first-order chi connectivity index (χ1) is 7.03. The molecular weight excluding hydrogens is 250 g/mol. The number of halogens is 1. The second-order valence-corrected chi connectivity index (χ2v) is 6.56. The molecule has 0 saturated heterocycles. The predicted molar refractivity (Wildman–Crippen MR) is 71.6 cm³/mol. The van der Waals surface area contributed by atoms with E-state index in [1.807, 2.05) is 0 Å². The van der Waals surface area contributed by atoms with E-state index in [-0.39, 0.29) is 0 Å². The molecule has 0 heterocycles. The number of hydrogen-bond acceptors (Lipinski definition) is 1. The van der Waals surface area contributed by atoms with Gasteiger partial charge in [0.25, 0.3) is 0 Å². The minimum atomic E-state index is 0.406. The fourth-order valence-electron chi connectivity index (χ4n) is 2.65. The van der Waals surface area contributed by atoms with Crippen LogP contribution in [0.25, 0.3) is 0 Å². The third-order valence-electron chi connectivity index (χ3n) is 3.35. The molecule has 1 aliphatic carbocycles. The first-order valence-corrected chi connectivity index (χ1v) is 7.40. The van der Waals surface area contributed by atoms with Crippen LogP contribution in [0.15, 0.2) is 0 Å². The van der Waals surface area contributed by atoms with Gasteiger partial charge in [-0.15, -0.1) is 0 Å². The zero-order valence-electron chi connectivity index (χ0n) is 10.6. The van der Waals surface area contributed by atoms with Gasteiger partial charge in [-0.2, -0.15) is 0 Å². The average molecular weight is 276 g/mol. The van der Waals surface area contributed by atoms with Gasteiger partial charge in [0.15, 0.2) is 0 Å². The topological polar surface area (TPSA) is 3.24 Å². The van der Waals surface area contributed by atoms with E-state index < -0.39 is 0 Å². The Balaban J connectivity index is 2.25. The van der Waals surface area contributed by atoms with Crippen LogP contribution in [0.3, 0.4) is 0 Å². The van der Waals surface area contributed by atoms with Crippen LogP contribution < -0.4 is 0 Å². The van der Waals surface area contributed by atoms with Crippen LogP contribution in [0.1, 0.15) is 46.0 Å². The summed E-state index contributed by atoms with van der Waals surface area (Å²) in [5, 5.41) is 1.09. The monoisotopic (exact) mass is 275 g/mol. The summed E-state index contributed by atoms with van der Waals surface area (Å²) in [4.78, 5) is 2.53. The molecule has 1 nitrogen and oxygen atoms in total. The van der Waals surface area contributed by atoms with Gasteiger partial charge < -0.3 is 4.90 Å². The standard InChI is InChI=1S/C13H26BrN/c1-13(2,10-14)11-15(3)9-12-7-5-4-6-8-12/h12H,4-11H2,1-3H3. The van der Waals surface area contributed by atoms with Gasteiger partial charge in [0, 0.05) is 18.4 Å². The van der Waals surface area contributed by atoms with Crippen molar-refractivity contribution < 1.29 is 0 Å². The summed E-state index contributed by atoms with van der Waals surface area (Å²) in [6.45, 7) is 7.17. The van der Waals surface area contributed by atoms with Crippen LogP contribution in [0.4, 0.5) is 0 Å². The van der Waals surface area contributed by atoms with Crippen molar-refractivity contribution in [3.05, 3.63) is 0 Å². The van der Waals surface area contributed by atoms with E-state index in [9.17, 15) is 0 Å². The maximum absolute atomic E-state index is 3.60. The lowest BCUT2D eigenvalue weighted by atomic mass is 9.88. The molecular formula is C13H26BrN. The Morgan fingerprint density at radius 2 is 1.80 bits per heavy atom. The Morgan fingerprint density at radius 3 is 2.33 bits per heavy atom. The van der Waals surface area contributed by atoms with Crippen molar-refractivity contribution in [1.29, 1.82) is 0 Å². The van der Waals surface area contributed by atoms with Crippen LogP contribution in [-0.2, 0) is 0 Å². The van der Waals surface area contributed by atoms with Crippen molar-refractivity contribution in [3.8, 4) is 0 Å². The fraction of sp³-hybridized carbons (Fsp3) is 1.00. The summed E-state index contributed by atoms with van der Waals surface area (Å²) in [6.07, 6.45) is 7.30. The van der Waals surface area contributed by atoms with E-state index in [0.29, 0.717) is 5.41 Å². The molecule has 0 bridgehead atoms. The lowest BCUT2D eigenvalue weighted by Crippen LogP contribution is -2.36. The van der Waals surface area contributed by atoms with Gasteiger partial charge >= 0.3 is 0 Å². The van der Waals surface area contributed by atoms with Crippen LogP contribution in [0, 0.1) is 11.3 Å². The summed E-state index contributed by atoms with van der Waals surface area (Å²) in [5.74, 6) is 0.967. The van der Waals surface area contributed by atoms with Gasteiger partial charge in [-0.1, -0.05) is 49.0 Å². The molecule has 90 valence electrons. The highest BCUT2D eigenvalue weighted by molar-refractivity contribution is 9.09. The highest BCUT2D eigenvalue weighted by Crippen LogP contribution is 2.25. The van der Waals surface area contributed by atoms with Crippen LogP contribution in [0.5, 0.6) is 0 Å². The molecule has 0 aliphatic heterocycles. The SMILES string of the molecule is CN(CC1CCCCC1)CC(C)(C)CBr. The third kappa shape index (κ3) is 5.35. The van der Waals surface area contributed by atoms with E-state index in [2.05, 4.69) is 41.7 Å². The first-order valence-electron chi connectivity index (χ1n) is 6.28. The molecule has 15 heavy (non-hydrogen) atoms. The molecule has 0 spiro atoms. The number of rotatable bonds is 5. The quantitative estimate of drug-likeness (QED) is 0.688. The van der Waals surface area contributed by atoms with Gasteiger partial charge in [-0.05, 0) is 31.2 Å². The van der Waals surface area contributed by atoms with E-state index in [1.165, 1.54) is 45.2 Å². The molecule has 1 saturated carbocycles. The molecule has 0 N–H and O–H groups in total. The molecule has 0 amide bonds. The summed E-state index contributed by atoms with van der Waals surface area (Å²) in [5.41, 5.74) is 0.406. The van der Waals surface area contributed by atoms with Gasteiger partial charge in [0.05, 0.1) is 0 Å². The Labute approximate surface area is 104 Å². The second kappa shape index (κ2) is 6.24. The minimum Gasteiger partial charge on any atom is -0.306 e. The lowest BCUT2D eigenvalue weighted by Gasteiger charge is -2.32. The molecule has 2 heteroatoms. The maximum atomic E-state index is 3.60. The molecule has 0 radical (unpaired) electrons. The number of nitrogens with zero attached hydrogens (tertiary/aromatic N) is 1. The maximum Gasteiger partial charge on any atom is 0.00949 e. The molecule has 1 fully saturated rings. The highest BCUT2D eigenvalue weighted by atomic mass is 79.9. The van der Waals surface area contributed by atoms with Crippen molar-refractivity contribution in [2.24, 2.45) is 11.3 Å². The van der Waals surface area contributed by atoms with Crippen molar-refractivity contribution in [2.45, 2.75) is 46.0 Å². The molecule has 0 aromatic carbocycles. The Bertz CT molecular complexity index is 173. The Kier molecular flexibility index (Phi) is 5.62. The summed E-state index contributed by atoms with van der Waals surface area (Å²) >= 11 is 3.60. The molecule has 0 aromatic heterocycles. The third-order valence-corrected chi connectivity index (χ3v) is 4.87. The van der Waals surface area contributed by atoms with Crippen LogP contribution in [-0.4, -0.2) is 30.4 Å². The number of hydrogen-bond donors (Lipinski definition) is 0. The first kappa shape index (κ1) is 13.5. The summed E-state index contributed by atoms with van der Waals surface area (Å²) in [6, 6.07) is 0. The van der Waals surface area contributed by atoms with Crippen LogP contribution >= 0.6 is 15.9 Å². The lowest BCUT2D eigenvalue weighted by molar-refractivity contribution is 0.183. The molecule has 1 aliphatic rings. The average Bonchev–Trinajstić information content (AvgIpc) is 2.18. The smallest absolute Gasteiger partial charge is 0.00949 e. The highest BCUT2D eigenvalue weighted by Gasteiger charge is 2.21. The van der Waals surface area contributed by atoms with E-state index in [1.54, 1.807) is 0 Å². The van der Waals surface area contributed by atoms with Crippen molar-refractivity contribution in [2.75, 3.05) is 25.5 Å². The Hall–Kier alpha value is 0.440. The normalized spacial score (nSPS) is 19.8. The zero-order chi connectivity index (χ0) is 11.3. The van der Waals surface area contributed by atoms with Crippen molar-refractivity contribution >= 4 is 15.9 Å². The van der Waals surface area contributed by atoms with Gasteiger partial charge in [-0.25, -0.2) is 0 Å². The molecule has 0 aromatic rings. The Morgan fingerprint density at radius 1 is 1.20 bits per heavy atom. The van der Waals surface area contributed by atoms with Gasteiger partial charge in [-0.3, -0.25) is 0 Å².